The van der Waals surface area contributed by atoms with Crippen LogP contribution in [0.15, 0.2) is 29.3 Å². The van der Waals surface area contributed by atoms with E-state index in [4.69, 9.17) is 0 Å². The van der Waals surface area contributed by atoms with Crippen LogP contribution in [-0.2, 0) is 17.3 Å². The molecule has 2 rings (SSSR count). The van der Waals surface area contributed by atoms with Gasteiger partial charge in [0.1, 0.15) is 0 Å². The van der Waals surface area contributed by atoms with Gasteiger partial charge in [0.15, 0.2) is 0 Å². The van der Waals surface area contributed by atoms with Crippen LogP contribution in [0.25, 0.3) is 0 Å². The number of benzene rings is 1. The zero-order chi connectivity index (χ0) is 18.7. The molecule has 0 saturated heterocycles. The van der Waals surface area contributed by atoms with Gasteiger partial charge in [0, 0.05) is 12.8 Å². The van der Waals surface area contributed by atoms with Gasteiger partial charge in [-0.25, -0.2) is 0 Å². The Kier molecular flexibility index (Phi) is 12.7. The zero-order valence-electron chi connectivity index (χ0n) is 15.4. The van der Waals surface area contributed by atoms with E-state index in [-0.39, 0.29) is 5.75 Å². The first-order chi connectivity index (χ1) is 11.4. The Hall–Kier alpha value is -0.397. The van der Waals surface area contributed by atoms with Crippen molar-refractivity contribution < 1.29 is 22.4 Å². The Labute approximate surface area is 162 Å². The van der Waals surface area contributed by atoms with Crippen LogP contribution in [0, 0.1) is 29.6 Å². The van der Waals surface area contributed by atoms with E-state index in [1.165, 1.54) is 29.6 Å². The van der Waals surface area contributed by atoms with Crippen LogP contribution in [0.2, 0.25) is 0 Å². The third kappa shape index (κ3) is 7.23. The molecule has 1 aliphatic rings. The monoisotopic (exact) mass is 435 g/mol. The quantitative estimate of drug-likeness (QED) is 0.472. The molecule has 0 spiro atoms. The number of aliphatic imine (C=N–C) groups is 1. The van der Waals surface area contributed by atoms with E-state index in [1.54, 1.807) is 24.4 Å². The summed E-state index contributed by atoms with van der Waals surface area (Å²) in [6.45, 7) is 13.8. The molecule has 24 heavy (non-hydrogen) atoms. The first-order valence-corrected chi connectivity index (χ1v) is 10.1. The molecule has 0 atom stereocenters. The molecular weight excluding hydrogens is 409 g/mol. The molecule has 0 amide bonds. The second kappa shape index (κ2) is 12.9. The Bertz CT molecular complexity index is 436. The fourth-order valence-electron chi connectivity index (χ4n) is 2.29. The molecule has 0 N–H and O–H groups in total. The number of halogens is 1. The molecule has 0 heterocycles. The van der Waals surface area contributed by atoms with Gasteiger partial charge < -0.3 is 5.11 Å². The molecule has 0 aromatic heterocycles. The van der Waals surface area contributed by atoms with Gasteiger partial charge in [0.25, 0.3) is 0 Å². The van der Waals surface area contributed by atoms with Crippen LogP contribution in [0.5, 0.6) is 5.75 Å². The summed E-state index contributed by atoms with van der Waals surface area (Å²) in [5.74, 6) is 7.38. The number of rotatable bonds is 3. The molecule has 0 bridgehead atoms. The van der Waals surface area contributed by atoms with Gasteiger partial charge >= 0.3 is 27.0 Å². The van der Waals surface area contributed by atoms with Crippen LogP contribution in [0.1, 0.15) is 53.5 Å². The second-order valence-corrected chi connectivity index (χ2v) is 5.70. The Morgan fingerprint density at radius 3 is 1.71 bits per heavy atom. The van der Waals surface area contributed by atoms with Gasteiger partial charge in [0.2, 0.25) is 0 Å². The molecule has 5 radical (unpaired) electrons. The summed E-state index contributed by atoms with van der Waals surface area (Å²) in [6, 6.07) is 6.91. The summed E-state index contributed by atoms with van der Waals surface area (Å²) < 4.78 is 0. The molecule has 0 unspecified atom stereocenters. The third-order valence-electron chi connectivity index (χ3n) is 4.31. The van der Waals surface area contributed by atoms with Crippen LogP contribution in [-0.4, -0.2) is 12.8 Å². The summed E-state index contributed by atoms with van der Waals surface area (Å²) in [5, 5.41) is 11.1. The second-order valence-electron chi connectivity index (χ2n) is 5.70. The van der Waals surface area contributed by atoms with Gasteiger partial charge in [-0.05, 0) is 41.6 Å². The van der Waals surface area contributed by atoms with E-state index < -0.39 is 0 Å². The molecule has 133 valence electrons. The van der Waals surface area contributed by atoms with E-state index in [0.29, 0.717) is 5.56 Å². The topological polar surface area (TPSA) is 35.4 Å². The summed E-state index contributed by atoms with van der Waals surface area (Å²) in [6.07, 6.45) is 2.66. The van der Waals surface area contributed by atoms with E-state index in [2.05, 4.69) is 56.2 Å². The van der Waals surface area contributed by atoms with Gasteiger partial charge in [-0.2, -0.15) is 0 Å². The SMILES string of the molecule is CCCN=Cc1ccccc1[O-].C[C]1[C](C)[C](C)[C](C)[C]1C.[Cl][Rh+2]. The van der Waals surface area contributed by atoms with Crippen molar-refractivity contribution in [3.05, 3.63) is 59.4 Å². The molecule has 1 aromatic rings. The van der Waals surface area contributed by atoms with Crippen molar-refractivity contribution in [3.8, 4) is 5.75 Å². The molecular formula is C20H27ClNORh+. The van der Waals surface area contributed by atoms with E-state index in [0.717, 1.165) is 13.0 Å². The Morgan fingerprint density at radius 2 is 1.33 bits per heavy atom. The Morgan fingerprint density at radius 1 is 0.917 bits per heavy atom. The van der Waals surface area contributed by atoms with Crippen LogP contribution in [0.4, 0.5) is 0 Å². The van der Waals surface area contributed by atoms with E-state index in [9.17, 15) is 5.11 Å². The third-order valence-corrected chi connectivity index (χ3v) is 4.31. The molecule has 1 aromatic carbocycles. The standard InChI is InChI=1S/C10H13NO.C10H15.ClH.Rh/c1-2-7-11-8-9-5-3-4-6-10(9)12;1-6-7(2)9(4)10(5)8(6)3;;/h3-6,8,12H,2,7H2,1H3;1-5H3;1H;/q;;;+3/p-2. The minimum absolute atomic E-state index is 0.0392. The summed E-state index contributed by atoms with van der Waals surface area (Å²) in [4.78, 5) is 4.10. The van der Waals surface area contributed by atoms with E-state index in [1.807, 2.05) is 23.4 Å². The summed E-state index contributed by atoms with van der Waals surface area (Å²) in [7, 11) is 4.53. The van der Waals surface area contributed by atoms with Crippen LogP contribution >= 0.6 is 9.69 Å². The van der Waals surface area contributed by atoms with E-state index >= 15 is 0 Å². The van der Waals surface area contributed by atoms with Crippen molar-refractivity contribution in [1.82, 2.24) is 0 Å². The Balaban J connectivity index is 0.000000405. The number of hydrogen-bond donors (Lipinski definition) is 0. The predicted octanol–water partition coefficient (Wildman–Crippen LogP) is 5.25. The normalized spacial score (nSPS) is 17.5. The average Bonchev–Trinajstić information content (AvgIpc) is 2.77. The molecule has 1 aliphatic carbocycles. The fourth-order valence-corrected chi connectivity index (χ4v) is 2.29. The zero-order valence-corrected chi connectivity index (χ0v) is 17.8. The fraction of sp³-hybridized carbons (Fsp3) is 0.400. The molecule has 2 nitrogen and oxygen atoms in total. The summed E-state index contributed by atoms with van der Waals surface area (Å²) in [5.41, 5.74) is 0.672. The van der Waals surface area contributed by atoms with Gasteiger partial charge in [-0.15, -0.1) is 5.75 Å². The van der Waals surface area contributed by atoms with Gasteiger partial charge in [0.05, 0.1) is 0 Å². The maximum atomic E-state index is 11.1. The van der Waals surface area contributed by atoms with Crippen molar-refractivity contribution in [2.75, 3.05) is 6.54 Å². The van der Waals surface area contributed by atoms with Crippen molar-refractivity contribution in [3.63, 3.8) is 0 Å². The first-order valence-electron chi connectivity index (χ1n) is 7.98. The molecule has 1 fully saturated rings. The first kappa shape index (κ1) is 23.6. The van der Waals surface area contributed by atoms with Crippen LogP contribution in [0.3, 0.4) is 0 Å². The van der Waals surface area contributed by atoms with Crippen molar-refractivity contribution >= 4 is 15.9 Å². The number of nitrogens with zero attached hydrogens (tertiary/aromatic N) is 1. The van der Waals surface area contributed by atoms with Crippen LogP contribution < -0.4 is 5.11 Å². The summed E-state index contributed by atoms with van der Waals surface area (Å²) >= 11 is 2.02. The minimum atomic E-state index is 0.0392. The maximum absolute atomic E-state index is 11.1. The average molecular weight is 436 g/mol. The van der Waals surface area contributed by atoms with Gasteiger partial charge in [-0.1, -0.05) is 65.8 Å². The number of hydrogen-bond acceptors (Lipinski definition) is 2. The predicted molar refractivity (Wildman–Crippen MR) is 99.1 cm³/mol. The van der Waals surface area contributed by atoms with Gasteiger partial charge in [-0.3, -0.25) is 4.99 Å². The van der Waals surface area contributed by atoms with Crippen molar-refractivity contribution in [2.45, 2.75) is 48.0 Å². The van der Waals surface area contributed by atoms with Crippen molar-refractivity contribution in [2.24, 2.45) is 4.99 Å². The van der Waals surface area contributed by atoms with Crippen molar-refractivity contribution in [1.29, 1.82) is 0 Å². The molecule has 4 heteroatoms. The molecule has 1 saturated carbocycles. The number of para-hydroxylation sites is 1. The molecule has 0 aliphatic heterocycles.